The average molecular weight is 1160 g/mol. The standard InChI is InChI=1S/C77H138O6/c1-4-7-10-13-16-19-22-25-28-31-33-35-37-38-40-41-43-46-49-52-55-58-61-64-67-70-76(79)82-73-74(72-81-75(78)69-66-63-60-57-54-51-48-45-30-27-24-21-18-15-12-9-6-3)83-77(80)71-68-65-62-59-56-53-50-47-44-42-39-36-34-32-29-26-23-20-17-14-11-8-5-2/h7,10,16,19,25,28,32-35,38,40,74H,4-6,8-9,11-15,17-18,20-24,26-27,29-31,36-37,39,41-73H2,1-3H3/b10-7-,19-16-,28-25-,34-32-,35-33-,40-38-. The van der Waals surface area contributed by atoms with Crippen molar-refractivity contribution in [1.29, 1.82) is 0 Å². The molecule has 0 radical (unpaired) electrons. The smallest absolute Gasteiger partial charge is 0.306 e. The van der Waals surface area contributed by atoms with Crippen LogP contribution in [0.15, 0.2) is 72.9 Å². The first kappa shape index (κ1) is 79.8. The summed E-state index contributed by atoms with van der Waals surface area (Å²) in [7, 11) is 0. The predicted octanol–water partition coefficient (Wildman–Crippen LogP) is 25.2. The molecule has 0 rings (SSSR count). The molecule has 0 amide bonds. The number of hydrogen-bond donors (Lipinski definition) is 0. The van der Waals surface area contributed by atoms with Crippen molar-refractivity contribution in [2.45, 2.75) is 386 Å². The van der Waals surface area contributed by atoms with Gasteiger partial charge in [0.05, 0.1) is 0 Å². The van der Waals surface area contributed by atoms with Crippen molar-refractivity contribution in [1.82, 2.24) is 0 Å². The first-order chi connectivity index (χ1) is 41.0. The summed E-state index contributed by atoms with van der Waals surface area (Å²) in [5, 5.41) is 0. The highest BCUT2D eigenvalue weighted by atomic mass is 16.6. The van der Waals surface area contributed by atoms with E-state index >= 15 is 0 Å². The molecule has 482 valence electrons. The van der Waals surface area contributed by atoms with Gasteiger partial charge in [-0.05, 0) is 89.9 Å². The SMILES string of the molecule is CC/C=C\C/C=C\C/C=C\C/C=C\C/C=C\CCCCCCCCCCCC(=O)OCC(COC(=O)CCCCCCCCCCCCCCCCCCC)OC(=O)CCCCCCCCCCCCC/C=C\CCCCCCCCCC. The Labute approximate surface area is 516 Å². The number of esters is 3. The molecule has 83 heavy (non-hydrogen) atoms. The van der Waals surface area contributed by atoms with Crippen molar-refractivity contribution < 1.29 is 28.6 Å². The van der Waals surface area contributed by atoms with Gasteiger partial charge in [0.15, 0.2) is 6.10 Å². The summed E-state index contributed by atoms with van der Waals surface area (Å²) in [6.45, 7) is 6.59. The fourth-order valence-corrected chi connectivity index (χ4v) is 10.8. The maximum absolute atomic E-state index is 13.0. The zero-order valence-electron chi connectivity index (χ0n) is 55.5. The van der Waals surface area contributed by atoms with Gasteiger partial charge in [-0.25, -0.2) is 0 Å². The molecule has 0 spiro atoms. The van der Waals surface area contributed by atoms with Crippen LogP contribution in [0, 0.1) is 0 Å². The molecule has 0 aromatic carbocycles. The van der Waals surface area contributed by atoms with Crippen LogP contribution < -0.4 is 0 Å². The molecule has 0 saturated heterocycles. The third-order valence-corrected chi connectivity index (χ3v) is 16.2. The monoisotopic (exact) mass is 1160 g/mol. The topological polar surface area (TPSA) is 78.9 Å². The first-order valence-electron chi connectivity index (χ1n) is 36.4. The minimum atomic E-state index is -0.779. The Bertz CT molecular complexity index is 1520. The summed E-state index contributed by atoms with van der Waals surface area (Å²) in [4.78, 5) is 38.5. The van der Waals surface area contributed by atoms with Crippen molar-refractivity contribution in [3.63, 3.8) is 0 Å². The number of unbranched alkanes of at least 4 members (excludes halogenated alkanes) is 44. The van der Waals surface area contributed by atoms with E-state index in [1.54, 1.807) is 0 Å². The normalized spacial score (nSPS) is 12.5. The molecule has 1 unspecified atom stereocenters. The van der Waals surface area contributed by atoms with Crippen molar-refractivity contribution in [2.75, 3.05) is 13.2 Å². The number of carbonyl (C=O) groups excluding carboxylic acids is 3. The first-order valence-corrected chi connectivity index (χ1v) is 36.4. The Kier molecular flexibility index (Phi) is 68.6. The second-order valence-corrected chi connectivity index (χ2v) is 24.5. The molecule has 0 aliphatic carbocycles. The minimum absolute atomic E-state index is 0.0728. The lowest BCUT2D eigenvalue weighted by atomic mass is 10.0. The molecule has 0 heterocycles. The fraction of sp³-hybridized carbons (Fsp3) is 0.805. The highest BCUT2D eigenvalue weighted by molar-refractivity contribution is 5.71. The number of hydrogen-bond acceptors (Lipinski definition) is 6. The Balaban J connectivity index is 4.34. The number of ether oxygens (including phenoxy) is 3. The Morgan fingerprint density at radius 3 is 0.747 bits per heavy atom. The molecular formula is C77H138O6. The molecule has 0 bridgehead atoms. The summed E-state index contributed by atoms with van der Waals surface area (Å²) in [6, 6.07) is 0. The van der Waals surface area contributed by atoms with E-state index in [0.29, 0.717) is 19.3 Å². The van der Waals surface area contributed by atoms with E-state index in [9.17, 15) is 14.4 Å². The van der Waals surface area contributed by atoms with E-state index in [4.69, 9.17) is 14.2 Å². The second-order valence-electron chi connectivity index (χ2n) is 24.5. The molecule has 0 saturated carbocycles. The van der Waals surface area contributed by atoms with Crippen LogP contribution in [0.3, 0.4) is 0 Å². The second kappa shape index (κ2) is 71.3. The Morgan fingerprint density at radius 2 is 0.470 bits per heavy atom. The molecule has 6 heteroatoms. The summed E-state index contributed by atoms with van der Waals surface area (Å²) < 4.78 is 17.0. The van der Waals surface area contributed by atoms with Gasteiger partial charge in [0.2, 0.25) is 0 Å². The molecule has 0 aromatic rings. The van der Waals surface area contributed by atoms with Crippen LogP contribution >= 0.6 is 0 Å². The van der Waals surface area contributed by atoms with Crippen LogP contribution in [-0.2, 0) is 28.6 Å². The van der Waals surface area contributed by atoms with Crippen LogP contribution in [0.5, 0.6) is 0 Å². The van der Waals surface area contributed by atoms with E-state index in [2.05, 4.69) is 93.7 Å². The van der Waals surface area contributed by atoms with Gasteiger partial charge in [-0.2, -0.15) is 0 Å². The molecule has 0 N–H and O–H groups in total. The van der Waals surface area contributed by atoms with E-state index in [1.807, 2.05) is 0 Å². The largest absolute Gasteiger partial charge is 0.462 e. The van der Waals surface area contributed by atoms with Gasteiger partial charge in [0.25, 0.3) is 0 Å². The van der Waals surface area contributed by atoms with E-state index in [1.165, 1.54) is 244 Å². The molecule has 0 aliphatic rings. The fourth-order valence-electron chi connectivity index (χ4n) is 10.8. The van der Waals surface area contributed by atoms with Gasteiger partial charge in [-0.3, -0.25) is 14.4 Å². The van der Waals surface area contributed by atoms with Gasteiger partial charge < -0.3 is 14.2 Å². The summed E-state index contributed by atoms with van der Waals surface area (Å²) in [5.74, 6) is -0.855. The third kappa shape index (κ3) is 69.5. The lowest BCUT2D eigenvalue weighted by Gasteiger charge is -2.18. The van der Waals surface area contributed by atoms with E-state index < -0.39 is 6.10 Å². The van der Waals surface area contributed by atoms with Crippen molar-refractivity contribution in [3.05, 3.63) is 72.9 Å². The van der Waals surface area contributed by atoms with Gasteiger partial charge in [-0.1, -0.05) is 344 Å². The molecule has 0 aromatic heterocycles. The van der Waals surface area contributed by atoms with Crippen molar-refractivity contribution in [2.24, 2.45) is 0 Å². The van der Waals surface area contributed by atoms with Crippen LogP contribution in [-0.4, -0.2) is 37.2 Å². The van der Waals surface area contributed by atoms with Crippen LogP contribution in [0.1, 0.15) is 380 Å². The number of rotatable bonds is 67. The zero-order valence-corrected chi connectivity index (χ0v) is 55.5. The number of allylic oxidation sites excluding steroid dienone is 12. The average Bonchev–Trinajstić information content (AvgIpc) is 3.49. The van der Waals surface area contributed by atoms with Crippen LogP contribution in [0.25, 0.3) is 0 Å². The highest BCUT2D eigenvalue weighted by Crippen LogP contribution is 2.18. The summed E-state index contributed by atoms with van der Waals surface area (Å²) >= 11 is 0. The maximum atomic E-state index is 13.0. The van der Waals surface area contributed by atoms with Crippen LogP contribution in [0.2, 0.25) is 0 Å². The lowest BCUT2D eigenvalue weighted by molar-refractivity contribution is -0.167. The maximum Gasteiger partial charge on any atom is 0.306 e. The Hall–Kier alpha value is -3.15. The molecular weight excluding hydrogens is 1020 g/mol. The predicted molar refractivity (Wildman–Crippen MR) is 362 cm³/mol. The molecule has 0 aliphatic heterocycles. The van der Waals surface area contributed by atoms with E-state index in [0.717, 1.165) is 96.3 Å². The molecule has 1 atom stereocenters. The van der Waals surface area contributed by atoms with E-state index in [-0.39, 0.29) is 31.1 Å². The molecule has 6 nitrogen and oxygen atoms in total. The van der Waals surface area contributed by atoms with Crippen molar-refractivity contribution >= 4 is 17.9 Å². The quantitative estimate of drug-likeness (QED) is 0.0261. The van der Waals surface area contributed by atoms with Crippen molar-refractivity contribution in [3.8, 4) is 0 Å². The highest BCUT2D eigenvalue weighted by Gasteiger charge is 2.19. The summed E-state index contributed by atoms with van der Waals surface area (Å²) in [5.41, 5.74) is 0. The third-order valence-electron chi connectivity index (χ3n) is 16.2. The Morgan fingerprint density at radius 1 is 0.253 bits per heavy atom. The lowest BCUT2D eigenvalue weighted by Crippen LogP contribution is -2.30. The van der Waals surface area contributed by atoms with Gasteiger partial charge >= 0.3 is 17.9 Å². The zero-order chi connectivity index (χ0) is 59.9. The molecule has 0 fully saturated rings. The minimum Gasteiger partial charge on any atom is -0.462 e. The summed E-state index contributed by atoms with van der Waals surface area (Å²) in [6.07, 6.45) is 93.5. The van der Waals surface area contributed by atoms with Crippen LogP contribution in [0.4, 0.5) is 0 Å². The van der Waals surface area contributed by atoms with Gasteiger partial charge in [-0.15, -0.1) is 0 Å². The van der Waals surface area contributed by atoms with Gasteiger partial charge in [0, 0.05) is 19.3 Å². The number of carbonyl (C=O) groups is 3. The van der Waals surface area contributed by atoms with Gasteiger partial charge in [0.1, 0.15) is 13.2 Å².